The van der Waals surface area contributed by atoms with E-state index in [0.717, 1.165) is 5.56 Å². The summed E-state index contributed by atoms with van der Waals surface area (Å²) in [4.78, 5) is 11.7. The molecule has 1 aromatic carbocycles. The Kier molecular flexibility index (Phi) is 6.98. The standard InChI is InChI=1S/C14H20ClNO4S/c1-11(2)13(8-9-21(15,18)19)16-14(17)20-10-12-6-4-3-5-7-12/h3-7,11,13H,8-10H2,1-2H3,(H,16,17). The first-order chi connectivity index (χ1) is 9.78. The van der Waals surface area contributed by atoms with Gasteiger partial charge in [-0.1, -0.05) is 44.2 Å². The van der Waals surface area contributed by atoms with Crippen molar-refractivity contribution in [3.63, 3.8) is 0 Å². The maximum absolute atomic E-state index is 11.7. The summed E-state index contributed by atoms with van der Waals surface area (Å²) >= 11 is 0. The zero-order chi connectivity index (χ0) is 15.9. The van der Waals surface area contributed by atoms with E-state index in [2.05, 4.69) is 5.32 Å². The van der Waals surface area contributed by atoms with Gasteiger partial charge in [-0.3, -0.25) is 0 Å². The van der Waals surface area contributed by atoms with Crippen molar-refractivity contribution in [3.8, 4) is 0 Å². The van der Waals surface area contributed by atoms with Gasteiger partial charge >= 0.3 is 6.09 Å². The van der Waals surface area contributed by atoms with E-state index in [4.69, 9.17) is 15.4 Å². The second-order valence-corrected chi connectivity index (χ2v) is 7.98. The Hall–Kier alpha value is -1.27. The van der Waals surface area contributed by atoms with Crippen LogP contribution in [0.2, 0.25) is 0 Å². The minimum Gasteiger partial charge on any atom is -0.445 e. The van der Waals surface area contributed by atoms with Crippen LogP contribution >= 0.6 is 10.7 Å². The van der Waals surface area contributed by atoms with Gasteiger partial charge in [0.2, 0.25) is 9.05 Å². The Morgan fingerprint density at radius 3 is 2.43 bits per heavy atom. The van der Waals surface area contributed by atoms with Crippen molar-refractivity contribution < 1.29 is 17.9 Å². The number of hydrogen-bond acceptors (Lipinski definition) is 4. The van der Waals surface area contributed by atoms with Crippen LogP contribution in [-0.4, -0.2) is 26.3 Å². The lowest BCUT2D eigenvalue weighted by atomic mass is 10.0. The van der Waals surface area contributed by atoms with Crippen molar-refractivity contribution in [3.05, 3.63) is 35.9 Å². The van der Waals surface area contributed by atoms with Crippen LogP contribution in [0.5, 0.6) is 0 Å². The molecule has 118 valence electrons. The van der Waals surface area contributed by atoms with Crippen LogP contribution in [0.1, 0.15) is 25.8 Å². The molecule has 0 aliphatic heterocycles. The molecule has 0 radical (unpaired) electrons. The third-order valence-electron chi connectivity index (χ3n) is 2.99. The summed E-state index contributed by atoms with van der Waals surface area (Å²) in [6, 6.07) is 9.00. The van der Waals surface area contributed by atoms with E-state index in [9.17, 15) is 13.2 Å². The van der Waals surface area contributed by atoms with E-state index in [1.165, 1.54) is 0 Å². The van der Waals surface area contributed by atoms with E-state index < -0.39 is 15.1 Å². The Morgan fingerprint density at radius 2 is 1.90 bits per heavy atom. The molecule has 0 heterocycles. The maximum Gasteiger partial charge on any atom is 0.407 e. The highest BCUT2D eigenvalue weighted by Gasteiger charge is 2.19. The quantitative estimate of drug-likeness (QED) is 0.779. The topological polar surface area (TPSA) is 72.5 Å². The molecule has 21 heavy (non-hydrogen) atoms. The molecule has 1 N–H and O–H groups in total. The van der Waals surface area contributed by atoms with Crippen molar-refractivity contribution in [1.29, 1.82) is 0 Å². The average molecular weight is 334 g/mol. The van der Waals surface area contributed by atoms with Crippen molar-refractivity contribution in [2.75, 3.05) is 5.75 Å². The molecule has 1 aromatic rings. The number of alkyl carbamates (subject to hydrolysis) is 1. The van der Waals surface area contributed by atoms with E-state index in [1.54, 1.807) is 0 Å². The molecule has 1 amide bonds. The van der Waals surface area contributed by atoms with E-state index in [1.807, 2.05) is 44.2 Å². The Labute approximate surface area is 130 Å². The Morgan fingerprint density at radius 1 is 1.29 bits per heavy atom. The van der Waals surface area contributed by atoms with Gasteiger partial charge in [0.1, 0.15) is 6.61 Å². The third-order valence-corrected chi connectivity index (χ3v) is 4.18. The van der Waals surface area contributed by atoms with Gasteiger partial charge in [0.15, 0.2) is 0 Å². The van der Waals surface area contributed by atoms with Gasteiger partial charge in [0.05, 0.1) is 5.75 Å². The van der Waals surface area contributed by atoms with Crippen LogP contribution in [-0.2, 0) is 20.4 Å². The highest BCUT2D eigenvalue weighted by molar-refractivity contribution is 8.13. The zero-order valence-electron chi connectivity index (χ0n) is 12.1. The summed E-state index contributed by atoms with van der Waals surface area (Å²) < 4.78 is 27.1. The van der Waals surface area contributed by atoms with Crippen molar-refractivity contribution in [2.24, 2.45) is 5.92 Å². The molecule has 0 saturated carbocycles. The highest BCUT2D eigenvalue weighted by Crippen LogP contribution is 2.10. The van der Waals surface area contributed by atoms with Crippen LogP contribution in [0.25, 0.3) is 0 Å². The molecule has 5 nitrogen and oxygen atoms in total. The number of carbonyl (C=O) groups is 1. The molecule has 0 fully saturated rings. The second kappa shape index (κ2) is 8.24. The predicted octanol–water partition coefficient (Wildman–Crippen LogP) is 2.90. The first-order valence-corrected chi connectivity index (χ1v) is 9.15. The van der Waals surface area contributed by atoms with Gasteiger partial charge in [0.25, 0.3) is 0 Å². The zero-order valence-corrected chi connectivity index (χ0v) is 13.7. The third kappa shape index (κ3) is 7.92. The smallest absolute Gasteiger partial charge is 0.407 e. The molecule has 7 heteroatoms. The lowest BCUT2D eigenvalue weighted by Gasteiger charge is -2.21. The minimum absolute atomic E-state index is 0.0766. The predicted molar refractivity (Wildman–Crippen MR) is 82.6 cm³/mol. The first kappa shape index (κ1) is 17.8. The summed E-state index contributed by atoms with van der Waals surface area (Å²) in [5.41, 5.74) is 0.886. The molecule has 0 aliphatic carbocycles. The van der Waals surface area contributed by atoms with Gasteiger partial charge in [-0.15, -0.1) is 0 Å². The van der Waals surface area contributed by atoms with Gasteiger partial charge in [-0.25, -0.2) is 13.2 Å². The van der Waals surface area contributed by atoms with Gasteiger partial charge in [0, 0.05) is 16.7 Å². The number of benzene rings is 1. The van der Waals surface area contributed by atoms with Crippen molar-refractivity contribution in [1.82, 2.24) is 5.32 Å². The van der Waals surface area contributed by atoms with E-state index in [0.29, 0.717) is 0 Å². The van der Waals surface area contributed by atoms with Crippen LogP contribution < -0.4 is 5.32 Å². The first-order valence-electron chi connectivity index (χ1n) is 6.67. The lowest BCUT2D eigenvalue weighted by molar-refractivity contribution is 0.132. The maximum atomic E-state index is 11.7. The molecule has 0 aromatic heterocycles. The van der Waals surface area contributed by atoms with E-state index >= 15 is 0 Å². The number of carbonyl (C=O) groups excluding carboxylic acids is 1. The molecule has 1 atom stereocenters. The number of hydrogen-bond donors (Lipinski definition) is 1. The summed E-state index contributed by atoms with van der Waals surface area (Å²) in [7, 11) is 1.62. The lowest BCUT2D eigenvalue weighted by Crippen LogP contribution is -2.39. The summed E-state index contributed by atoms with van der Waals surface area (Å²) in [5.74, 6) is -0.108. The molecule has 0 saturated heterocycles. The fraction of sp³-hybridized carbons (Fsp3) is 0.500. The Bertz CT molecular complexity index is 545. The fourth-order valence-corrected chi connectivity index (χ4v) is 2.56. The normalized spacial score (nSPS) is 13.0. The molecular weight excluding hydrogens is 314 g/mol. The molecular formula is C14H20ClNO4S. The number of ether oxygens (including phenoxy) is 1. The summed E-state index contributed by atoms with van der Waals surface area (Å²) in [6.07, 6.45) is -0.311. The Balaban J connectivity index is 2.45. The number of nitrogens with one attached hydrogen (secondary N) is 1. The molecule has 0 aliphatic rings. The highest BCUT2D eigenvalue weighted by atomic mass is 35.7. The molecule has 1 rings (SSSR count). The van der Waals surface area contributed by atoms with Crippen LogP contribution in [0.15, 0.2) is 30.3 Å². The monoisotopic (exact) mass is 333 g/mol. The molecule has 0 spiro atoms. The second-order valence-electron chi connectivity index (χ2n) is 5.09. The van der Waals surface area contributed by atoms with Gasteiger partial charge in [-0.2, -0.15) is 0 Å². The number of halogens is 1. The number of amides is 1. The molecule has 0 bridgehead atoms. The van der Waals surface area contributed by atoms with Crippen molar-refractivity contribution in [2.45, 2.75) is 32.9 Å². The van der Waals surface area contributed by atoms with Crippen molar-refractivity contribution >= 4 is 25.8 Å². The van der Waals surface area contributed by atoms with Crippen LogP contribution in [0.4, 0.5) is 4.79 Å². The minimum atomic E-state index is -3.56. The number of rotatable bonds is 7. The summed E-state index contributed by atoms with van der Waals surface area (Å²) in [5, 5.41) is 2.68. The van der Waals surface area contributed by atoms with Gasteiger partial charge in [-0.05, 0) is 17.9 Å². The van der Waals surface area contributed by atoms with Crippen LogP contribution in [0, 0.1) is 5.92 Å². The van der Waals surface area contributed by atoms with Crippen LogP contribution in [0.3, 0.4) is 0 Å². The molecule has 1 unspecified atom stereocenters. The average Bonchev–Trinajstić information content (AvgIpc) is 2.41. The SMILES string of the molecule is CC(C)C(CCS(=O)(=O)Cl)NC(=O)OCc1ccccc1. The largest absolute Gasteiger partial charge is 0.445 e. The van der Waals surface area contributed by atoms with E-state index in [-0.39, 0.29) is 30.7 Å². The van der Waals surface area contributed by atoms with Gasteiger partial charge < -0.3 is 10.1 Å². The fourth-order valence-electron chi connectivity index (χ4n) is 1.76. The summed E-state index contributed by atoms with van der Waals surface area (Å²) in [6.45, 7) is 3.96.